The Bertz CT molecular complexity index is 1150. The van der Waals surface area contributed by atoms with Crippen molar-refractivity contribution in [2.75, 3.05) is 25.4 Å². The third kappa shape index (κ3) is 15.9. The molecule has 0 radical (unpaired) electrons. The fourth-order valence-electron chi connectivity index (χ4n) is 4.76. The molecule has 0 aliphatic carbocycles. The van der Waals surface area contributed by atoms with Gasteiger partial charge in [0.05, 0.1) is 21.7 Å². The minimum absolute atomic E-state index is 0.0137. The average Bonchev–Trinajstić information content (AvgIpc) is 3.39. The molecule has 0 unspecified atom stereocenters. The Morgan fingerprint density at radius 2 is 1.61 bits per heavy atom. The third-order valence-corrected chi connectivity index (χ3v) is 8.39. The highest BCUT2D eigenvalue weighted by atomic mass is 79.9. The summed E-state index contributed by atoms with van der Waals surface area (Å²) in [5.41, 5.74) is 7.10. The number of halogens is 2. The molecule has 1 aromatic heterocycles. The van der Waals surface area contributed by atoms with Gasteiger partial charge in [-0.25, -0.2) is 4.98 Å². The average molecular weight is 743 g/mol. The van der Waals surface area contributed by atoms with Gasteiger partial charge in [-0.3, -0.25) is 9.59 Å². The van der Waals surface area contributed by atoms with Gasteiger partial charge in [-0.1, -0.05) is 76.8 Å². The number of anilines is 1. The second-order valence-electron chi connectivity index (χ2n) is 11.6. The topological polar surface area (TPSA) is 155 Å². The van der Waals surface area contributed by atoms with Gasteiger partial charge >= 0.3 is 0 Å². The maximum atomic E-state index is 12.5. The van der Waals surface area contributed by atoms with E-state index in [-0.39, 0.29) is 18.0 Å². The minimum Gasteiger partial charge on any atom is -0.491 e. The quantitative estimate of drug-likeness (QED) is 0.0355. The predicted octanol–water partition coefficient (Wildman–Crippen LogP) is 7.08. The van der Waals surface area contributed by atoms with Gasteiger partial charge < -0.3 is 31.3 Å². The van der Waals surface area contributed by atoms with Crippen molar-refractivity contribution in [3.8, 4) is 5.75 Å². The second-order valence-corrected chi connectivity index (χ2v) is 13.3. The standard InChI is InChI=1S/C32H50Br2N6O4/c1-23(2)13-10-8-6-4-3-5-7-9-11-14-29(41)36-16-12-18-44-30-26(33)19-24(20-27(30)34)21-28(40-43)31(42)37-17-15-25-22-38-32(35)39-25/h19-20,22-23,43H,3-18,21H2,1-2H3,(H,36,41)(H,37,42)(H3,35,38,39)/b40-28+. The molecule has 0 saturated carbocycles. The molecule has 246 valence electrons. The third-order valence-electron chi connectivity index (χ3n) is 7.22. The van der Waals surface area contributed by atoms with Crippen LogP contribution in [-0.4, -0.2) is 52.4 Å². The lowest BCUT2D eigenvalue weighted by atomic mass is 10.0. The molecule has 10 nitrogen and oxygen atoms in total. The lowest BCUT2D eigenvalue weighted by molar-refractivity contribution is -0.121. The Balaban J connectivity index is 1.58. The summed E-state index contributed by atoms with van der Waals surface area (Å²) in [7, 11) is 0. The van der Waals surface area contributed by atoms with Crippen LogP contribution in [0.5, 0.6) is 5.75 Å². The fourth-order valence-corrected chi connectivity index (χ4v) is 6.27. The zero-order valence-corrected chi connectivity index (χ0v) is 29.4. The van der Waals surface area contributed by atoms with Crippen LogP contribution < -0.4 is 21.1 Å². The van der Waals surface area contributed by atoms with Gasteiger partial charge in [-0.15, -0.1) is 0 Å². The number of H-pyrrole nitrogens is 1. The number of imidazole rings is 1. The van der Waals surface area contributed by atoms with E-state index in [1.54, 1.807) is 6.20 Å². The number of nitrogens with one attached hydrogen (secondary N) is 3. The van der Waals surface area contributed by atoms with E-state index in [0.717, 1.165) is 30.0 Å². The Labute approximate surface area is 279 Å². The zero-order valence-electron chi connectivity index (χ0n) is 26.2. The minimum atomic E-state index is -0.465. The fraction of sp³-hybridized carbons (Fsp3) is 0.625. The number of nitrogens with two attached hydrogens (primary N) is 1. The van der Waals surface area contributed by atoms with Crippen molar-refractivity contribution in [2.45, 2.75) is 104 Å². The van der Waals surface area contributed by atoms with Crippen LogP contribution in [0.25, 0.3) is 0 Å². The number of oxime groups is 1. The lowest BCUT2D eigenvalue weighted by Crippen LogP contribution is -2.33. The van der Waals surface area contributed by atoms with Gasteiger partial charge in [-0.05, 0) is 68.3 Å². The summed E-state index contributed by atoms with van der Waals surface area (Å²) in [6, 6.07) is 3.64. The number of rotatable bonds is 23. The van der Waals surface area contributed by atoms with E-state index < -0.39 is 5.91 Å². The first-order valence-electron chi connectivity index (χ1n) is 15.9. The van der Waals surface area contributed by atoms with Crippen molar-refractivity contribution in [2.24, 2.45) is 11.1 Å². The van der Waals surface area contributed by atoms with Crippen LogP contribution in [-0.2, 0) is 22.4 Å². The molecule has 1 aromatic carbocycles. The van der Waals surface area contributed by atoms with Crippen LogP contribution in [0.15, 0.2) is 32.4 Å². The van der Waals surface area contributed by atoms with E-state index in [0.29, 0.717) is 59.6 Å². The van der Waals surface area contributed by atoms with E-state index >= 15 is 0 Å². The summed E-state index contributed by atoms with van der Waals surface area (Å²) >= 11 is 7.06. The summed E-state index contributed by atoms with van der Waals surface area (Å²) in [6.45, 7) is 5.91. The molecule has 1 heterocycles. The molecule has 0 saturated heterocycles. The van der Waals surface area contributed by atoms with Crippen molar-refractivity contribution >= 4 is 55.3 Å². The smallest absolute Gasteiger partial charge is 0.269 e. The molecule has 0 atom stereocenters. The molecule has 0 spiro atoms. The molecule has 44 heavy (non-hydrogen) atoms. The number of nitrogen functional groups attached to an aromatic ring is 1. The Hall–Kier alpha value is -2.60. The number of nitrogens with zero attached hydrogens (tertiary/aromatic N) is 2. The van der Waals surface area contributed by atoms with Crippen molar-refractivity contribution < 1.29 is 19.5 Å². The Morgan fingerprint density at radius 1 is 0.977 bits per heavy atom. The molecule has 0 aliphatic heterocycles. The Kier molecular flexibility index (Phi) is 18.8. The molecular formula is C32H50Br2N6O4. The lowest BCUT2D eigenvalue weighted by Gasteiger charge is -2.13. The van der Waals surface area contributed by atoms with Crippen molar-refractivity contribution in [3.05, 3.63) is 38.5 Å². The number of unbranched alkanes of at least 4 members (excludes halogenated alkanes) is 8. The SMILES string of the molecule is CC(C)CCCCCCCCCCCC(=O)NCCCOc1c(Br)cc(C/C(=N\O)C(=O)NCCc2cnc(N)[nH]2)cc1Br. The first kappa shape index (κ1) is 37.6. The molecule has 0 aliphatic rings. The van der Waals surface area contributed by atoms with Gasteiger partial charge in [0.25, 0.3) is 5.91 Å². The normalized spacial score (nSPS) is 11.6. The van der Waals surface area contributed by atoms with Crippen molar-refractivity contribution in [1.82, 2.24) is 20.6 Å². The van der Waals surface area contributed by atoms with Crippen LogP contribution in [0.1, 0.15) is 102 Å². The number of aromatic amines is 1. The largest absolute Gasteiger partial charge is 0.491 e. The van der Waals surface area contributed by atoms with E-state index in [9.17, 15) is 14.8 Å². The van der Waals surface area contributed by atoms with E-state index in [2.05, 4.69) is 71.5 Å². The van der Waals surface area contributed by atoms with Crippen LogP contribution in [0.2, 0.25) is 0 Å². The second kappa shape index (κ2) is 22.0. The summed E-state index contributed by atoms with van der Waals surface area (Å²) in [5.74, 6) is 1.39. The zero-order chi connectivity index (χ0) is 32.2. The van der Waals surface area contributed by atoms with E-state index in [4.69, 9.17) is 10.5 Å². The van der Waals surface area contributed by atoms with Crippen LogP contribution in [0.4, 0.5) is 5.95 Å². The number of hydrogen-bond donors (Lipinski definition) is 5. The number of amides is 2. The Morgan fingerprint density at radius 3 is 2.20 bits per heavy atom. The molecule has 12 heteroatoms. The molecular weight excluding hydrogens is 692 g/mol. The van der Waals surface area contributed by atoms with Gasteiger partial charge in [0, 0.05) is 38.0 Å². The number of carbonyl (C=O) groups excluding carboxylic acids is 2. The highest BCUT2D eigenvalue weighted by molar-refractivity contribution is 9.11. The number of ether oxygens (including phenoxy) is 1. The molecule has 2 rings (SSSR count). The summed E-state index contributed by atoms with van der Waals surface area (Å²) in [5, 5.41) is 18.3. The number of carbonyl (C=O) groups is 2. The van der Waals surface area contributed by atoms with Gasteiger partial charge in [0.15, 0.2) is 5.95 Å². The van der Waals surface area contributed by atoms with E-state index in [1.807, 2.05) is 12.1 Å². The van der Waals surface area contributed by atoms with Gasteiger partial charge in [-0.2, -0.15) is 0 Å². The summed E-state index contributed by atoms with van der Waals surface area (Å²) in [4.78, 5) is 31.5. The van der Waals surface area contributed by atoms with Crippen molar-refractivity contribution in [1.29, 1.82) is 0 Å². The maximum absolute atomic E-state index is 12.5. The number of benzene rings is 1. The molecule has 6 N–H and O–H groups in total. The highest BCUT2D eigenvalue weighted by Crippen LogP contribution is 2.35. The van der Waals surface area contributed by atoms with Crippen molar-refractivity contribution in [3.63, 3.8) is 0 Å². The molecule has 0 fully saturated rings. The molecule has 2 aromatic rings. The first-order chi connectivity index (χ1) is 21.2. The maximum Gasteiger partial charge on any atom is 0.269 e. The van der Waals surface area contributed by atoms with Crippen LogP contribution in [0, 0.1) is 5.92 Å². The highest BCUT2D eigenvalue weighted by Gasteiger charge is 2.16. The number of aromatic nitrogens is 2. The predicted molar refractivity (Wildman–Crippen MR) is 183 cm³/mol. The molecule has 0 bridgehead atoms. The summed E-state index contributed by atoms with van der Waals surface area (Å²) < 4.78 is 7.34. The first-order valence-corrected chi connectivity index (χ1v) is 17.4. The van der Waals surface area contributed by atoms with Gasteiger partial charge in [0.1, 0.15) is 11.5 Å². The monoisotopic (exact) mass is 740 g/mol. The van der Waals surface area contributed by atoms with Gasteiger partial charge in [0.2, 0.25) is 5.91 Å². The number of hydrogen-bond acceptors (Lipinski definition) is 7. The summed E-state index contributed by atoms with van der Waals surface area (Å²) in [6.07, 6.45) is 16.1. The van der Waals surface area contributed by atoms with E-state index in [1.165, 1.54) is 51.4 Å². The van der Waals surface area contributed by atoms with Crippen LogP contribution in [0.3, 0.4) is 0 Å². The van der Waals surface area contributed by atoms with Crippen LogP contribution >= 0.6 is 31.9 Å². The molecule has 2 amide bonds.